The van der Waals surface area contributed by atoms with Crippen LogP contribution in [0, 0.1) is 23.7 Å². The van der Waals surface area contributed by atoms with Crippen molar-refractivity contribution in [3.63, 3.8) is 0 Å². The third kappa shape index (κ3) is 57.3. The molecule has 1 heterocycles. The van der Waals surface area contributed by atoms with Gasteiger partial charge in [0, 0.05) is 98.4 Å². The fourth-order valence-electron chi connectivity index (χ4n) is 9.54. The third-order valence-electron chi connectivity index (χ3n) is 15.6. The molecule has 0 aliphatic carbocycles. The predicted molar refractivity (Wildman–Crippen MR) is 420 cm³/mol. The highest BCUT2D eigenvalue weighted by Gasteiger charge is 2.22. The number of piperazine rings is 1. The number of allylic oxidation sites excluding steroid dienone is 12. The van der Waals surface area contributed by atoms with Gasteiger partial charge in [0.1, 0.15) is 52.9 Å². The Morgan fingerprint density at radius 3 is 0.755 bits per heavy atom. The van der Waals surface area contributed by atoms with Crippen LogP contribution in [0.25, 0.3) is 0 Å². The Morgan fingerprint density at radius 1 is 0.314 bits per heavy atom. The van der Waals surface area contributed by atoms with Crippen LogP contribution in [0.1, 0.15) is 145 Å². The quantitative estimate of drug-likeness (QED) is 0.0239. The Hall–Kier alpha value is -5.08. The summed E-state index contributed by atoms with van der Waals surface area (Å²) in [5.41, 5.74) is 0. The topological polar surface area (TPSA) is 223 Å². The van der Waals surface area contributed by atoms with Crippen molar-refractivity contribution in [3.05, 3.63) is 97.2 Å². The number of carbonyl (C=O) groups excluding carboxylic acids is 8. The molecule has 0 aromatic carbocycles. The summed E-state index contributed by atoms with van der Waals surface area (Å²) < 4.78 is 43.5. The number of carbonyl (C=O) groups is 8. The van der Waals surface area contributed by atoms with Crippen LogP contribution in [0.4, 0.5) is 0 Å². The average Bonchev–Trinajstić information content (AvgIpc) is 0.945. The fourth-order valence-corrected chi connectivity index (χ4v) is 13.1. The van der Waals surface area contributed by atoms with E-state index in [0.29, 0.717) is 62.3 Å². The van der Waals surface area contributed by atoms with Gasteiger partial charge in [-0.15, -0.1) is 0 Å². The molecule has 20 nitrogen and oxygen atoms in total. The summed E-state index contributed by atoms with van der Waals surface area (Å²) in [5.74, 6) is 1.38. The molecule has 0 amide bonds. The fraction of sp³-hybridized carbons (Fsp3) is 0.692. The summed E-state index contributed by atoms with van der Waals surface area (Å²) in [6.45, 7) is 22.9. The summed E-state index contributed by atoms with van der Waals surface area (Å²) in [4.78, 5) is 111. The third-order valence-corrected chi connectivity index (χ3v) is 20.2. The Bertz CT molecular complexity index is 2170. The van der Waals surface area contributed by atoms with E-state index >= 15 is 0 Å². The Morgan fingerprint density at radius 2 is 0.529 bits per heavy atom. The molecule has 102 heavy (non-hydrogen) atoms. The second kappa shape index (κ2) is 67.8. The smallest absolute Gasteiger partial charge is 0.309 e. The molecule has 0 radical (unpaired) electrons. The van der Waals surface area contributed by atoms with E-state index in [9.17, 15) is 38.4 Å². The molecule has 0 N–H and O–H groups in total. The normalized spacial score (nSPS) is 14.5. The van der Waals surface area contributed by atoms with E-state index in [1.165, 1.54) is 0 Å². The molecule has 0 aromatic rings. The van der Waals surface area contributed by atoms with Crippen LogP contribution in [-0.2, 0) is 76.3 Å². The van der Waals surface area contributed by atoms with Gasteiger partial charge in [-0.2, -0.15) is 47.0 Å². The summed E-state index contributed by atoms with van der Waals surface area (Å²) in [6.07, 6.45) is 43.3. The maximum Gasteiger partial charge on any atom is 0.309 e. The maximum atomic E-state index is 13.0. The summed E-state index contributed by atoms with van der Waals surface area (Å²) in [6, 6.07) is 0. The Balaban J connectivity index is 2.82. The minimum Gasteiger partial charge on any atom is -0.462 e. The molecule has 1 aliphatic rings. The van der Waals surface area contributed by atoms with E-state index in [1.54, 1.807) is 47.0 Å². The predicted octanol–water partition coefficient (Wildman–Crippen LogP) is 13.0. The van der Waals surface area contributed by atoms with Gasteiger partial charge >= 0.3 is 47.8 Å². The van der Waals surface area contributed by atoms with Crippen molar-refractivity contribution in [2.24, 2.45) is 23.7 Å². The largest absolute Gasteiger partial charge is 0.462 e. The molecule has 1 aliphatic heterocycles. The van der Waals surface area contributed by atoms with Gasteiger partial charge in [0.15, 0.2) is 0 Å². The van der Waals surface area contributed by atoms with Crippen LogP contribution in [0.2, 0.25) is 0 Å². The number of hydrogen-bond donors (Lipinski definition) is 0. The molecule has 24 heteroatoms. The maximum absolute atomic E-state index is 13.0. The van der Waals surface area contributed by atoms with Crippen molar-refractivity contribution in [3.8, 4) is 0 Å². The lowest BCUT2D eigenvalue weighted by Crippen LogP contribution is -2.47. The molecule has 1 fully saturated rings. The lowest BCUT2D eigenvalue weighted by Gasteiger charge is -2.35. The van der Waals surface area contributed by atoms with Crippen LogP contribution < -0.4 is 0 Å². The SMILES string of the molecule is CC/C=C\C/C=C\CSCC(C)C(=O)OCCOC(=O)CCN(CCCN1CCN(CCCN(CCC(=O)OCCOC(=O)C(C)CSC/C=C\C/C=C\CC)CCC(=O)OCCOC(=O)C(C)CSC/C=C\C/C=C\CC)CC1)CCC(=O)OCCOC(=O)C(C)CSC/C=C\C/C=C\CC. The number of rotatable bonds is 64. The zero-order chi connectivity index (χ0) is 74.7. The van der Waals surface area contributed by atoms with Gasteiger partial charge in [-0.1, -0.05) is 153 Å². The van der Waals surface area contributed by atoms with Gasteiger partial charge in [-0.3, -0.25) is 38.4 Å². The average molecular weight is 1510 g/mol. The van der Waals surface area contributed by atoms with Crippen molar-refractivity contribution in [1.29, 1.82) is 0 Å². The first kappa shape index (κ1) is 94.9. The highest BCUT2D eigenvalue weighted by atomic mass is 32.2. The lowest BCUT2D eigenvalue weighted by atomic mass is 10.2. The molecule has 0 aromatic heterocycles. The monoisotopic (exact) mass is 1500 g/mol. The van der Waals surface area contributed by atoms with Crippen molar-refractivity contribution in [2.75, 3.05) is 177 Å². The molecule has 0 bridgehead atoms. The van der Waals surface area contributed by atoms with Gasteiger partial charge in [0.05, 0.1) is 49.4 Å². The highest BCUT2D eigenvalue weighted by molar-refractivity contribution is 8.00. The summed E-state index contributed by atoms with van der Waals surface area (Å²) >= 11 is 6.63. The van der Waals surface area contributed by atoms with Crippen molar-refractivity contribution in [1.82, 2.24) is 19.6 Å². The van der Waals surface area contributed by atoms with Crippen LogP contribution in [0.15, 0.2) is 97.2 Å². The molecule has 1 rings (SSSR count). The Labute approximate surface area is 630 Å². The minimum atomic E-state index is -0.437. The molecule has 4 atom stereocenters. The second-order valence-corrected chi connectivity index (χ2v) is 29.0. The first-order valence-corrected chi connectivity index (χ1v) is 41.8. The molecular weight excluding hydrogens is 1380 g/mol. The van der Waals surface area contributed by atoms with Crippen LogP contribution in [0.5, 0.6) is 0 Å². The molecule has 0 spiro atoms. The molecular formula is C78H128N4O16S4. The number of esters is 8. The van der Waals surface area contributed by atoms with Gasteiger partial charge in [-0.25, -0.2) is 0 Å². The lowest BCUT2D eigenvalue weighted by molar-refractivity contribution is -0.154. The first-order chi connectivity index (χ1) is 49.5. The van der Waals surface area contributed by atoms with Crippen LogP contribution in [-0.4, -0.2) is 245 Å². The van der Waals surface area contributed by atoms with E-state index in [2.05, 4.69) is 145 Å². The van der Waals surface area contributed by atoms with Gasteiger partial charge in [-0.05, 0) is 90.4 Å². The van der Waals surface area contributed by atoms with E-state index in [1.807, 2.05) is 27.7 Å². The summed E-state index contributed by atoms with van der Waals surface area (Å²) in [7, 11) is 0. The Kier molecular flexibility index (Phi) is 63.1. The zero-order valence-corrected chi connectivity index (χ0v) is 66.5. The molecule has 1 saturated heterocycles. The van der Waals surface area contributed by atoms with Crippen molar-refractivity contribution < 1.29 is 76.3 Å². The van der Waals surface area contributed by atoms with Crippen molar-refractivity contribution >= 4 is 94.8 Å². The molecule has 4 unspecified atom stereocenters. The van der Waals surface area contributed by atoms with Gasteiger partial charge in [0.2, 0.25) is 0 Å². The number of ether oxygens (including phenoxy) is 8. The van der Waals surface area contributed by atoms with Gasteiger partial charge < -0.3 is 57.5 Å². The van der Waals surface area contributed by atoms with Crippen LogP contribution >= 0.6 is 47.0 Å². The molecule has 580 valence electrons. The number of hydrogen-bond acceptors (Lipinski definition) is 24. The molecule has 0 saturated carbocycles. The van der Waals surface area contributed by atoms with E-state index < -0.39 is 23.9 Å². The van der Waals surface area contributed by atoms with E-state index in [0.717, 1.165) is 126 Å². The standard InChI is InChI=1S/C78H128N4O16S4/c1-9-13-17-21-25-29-59-99-63-67(5)75(87)95-55-51-91-71(83)35-43-79(44-36-72(84)92-52-56-96-76(88)68(6)64-100-60-30-26-22-18-14-10-2)39-33-41-81-47-49-82(50-48-81)42-34-40-80(45-37-73(85)93-53-57-97-77(89)69(7)65-101-61-31-27-23-19-15-11-3)46-38-74(86)94-54-58-98-78(90)70(8)66-102-62-32-28-24-20-16-12-4/h13-20,25-32,67-70H,9-12,21-24,33-66H2,1-8H3/b17-13-,18-14-,19-15-,20-16-,29-25-,30-26-,31-27-,32-28-. The van der Waals surface area contributed by atoms with E-state index in [-0.39, 0.29) is 126 Å². The second-order valence-electron chi connectivity index (χ2n) is 24.7. The number of thioether (sulfide) groups is 4. The summed E-state index contributed by atoms with van der Waals surface area (Å²) in [5, 5.41) is 0. The number of nitrogens with zero attached hydrogens (tertiary/aromatic N) is 4. The minimum absolute atomic E-state index is 0.0392. The van der Waals surface area contributed by atoms with E-state index in [4.69, 9.17) is 37.9 Å². The van der Waals surface area contributed by atoms with Gasteiger partial charge in [0.25, 0.3) is 0 Å². The van der Waals surface area contributed by atoms with Crippen molar-refractivity contribution in [2.45, 2.75) is 145 Å². The van der Waals surface area contributed by atoms with Crippen LogP contribution in [0.3, 0.4) is 0 Å². The highest BCUT2D eigenvalue weighted by Crippen LogP contribution is 2.16. The first-order valence-electron chi connectivity index (χ1n) is 37.2. The zero-order valence-electron chi connectivity index (χ0n) is 63.2.